The van der Waals surface area contributed by atoms with Crippen LogP contribution in [0.3, 0.4) is 0 Å². The molecule has 8 heteroatoms. The topological polar surface area (TPSA) is 93.9 Å². The van der Waals surface area contributed by atoms with Crippen LogP contribution in [0, 0.1) is 10.1 Å². The van der Waals surface area contributed by atoms with Gasteiger partial charge in [-0.1, -0.05) is 12.1 Å². The van der Waals surface area contributed by atoms with Crippen molar-refractivity contribution in [2.24, 2.45) is 0 Å². The largest absolute Gasteiger partial charge is 0.477 e. The highest BCUT2D eigenvalue weighted by molar-refractivity contribution is 5.77. The van der Waals surface area contributed by atoms with E-state index in [0.717, 1.165) is 13.1 Å². The predicted octanol–water partition coefficient (Wildman–Crippen LogP) is 1.20. The summed E-state index contributed by atoms with van der Waals surface area (Å²) in [7, 11) is 0. The van der Waals surface area contributed by atoms with Crippen LogP contribution in [0.1, 0.15) is 13.8 Å². The molecule has 1 heterocycles. The Morgan fingerprint density at radius 2 is 2.04 bits per heavy atom. The number of hydrogen-bond donors (Lipinski definition) is 1. The van der Waals surface area contributed by atoms with Gasteiger partial charge in [0.1, 0.15) is 0 Å². The number of ether oxygens (including phenoxy) is 2. The lowest BCUT2D eigenvalue weighted by Gasteiger charge is -2.40. The van der Waals surface area contributed by atoms with Crippen LogP contribution in [0.2, 0.25) is 0 Å². The van der Waals surface area contributed by atoms with Crippen molar-refractivity contribution in [2.45, 2.75) is 19.4 Å². The molecular weight excluding hydrogens is 314 g/mol. The molecule has 0 aliphatic carbocycles. The predicted molar refractivity (Wildman–Crippen MR) is 88.1 cm³/mol. The number of nitro benzene ring substituents is 1. The number of para-hydroxylation sites is 2. The molecule has 0 bridgehead atoms. The van der Waals surface area contributed by atoms with E-state index < -0.39 is 4.92 Å². The molecule has 1 aliphatic rings. The van der Waals surface area contributed by atoms with Gasteiger partial charge in [-0.05, 0) is 19.9 Å². The Kier molecular flexibility index (Phi) is 6.10. The van der Waals surface area contributed by atoms with E-state index >= 15 is 0 Å². The minimum Gasteiger partial charge on any atom is -0.477 e. The Bertz CT molecular complexity index is 585. The minimum atomic E-state index is -0.533. The molecule has 1 aromatic carbocycles. The van der Waals surface area contributed by atoms with E-state index in [9.17, 15) is 14.9 Å². The molecule has 0 spiro atoms. The van der Waals surface area contributed by atoms with Crippen LogP contribution >= 0.6 is 0 Å². The molecule has 132 valence electrons. The number of carbonyl (C=O) groups is 1. The number of nitrogens with one attached hydrogen (secondary N) is 1. The maximum Gasteiger partial charge on any atom is 0.310 e. The number of nitrogens with zero attached hydrogens (tertiary/aromatic N) is 2. The Labute approximate surface area is 140 Å². The van der Waals surface area contributed by atoms with E-state index in [4.69, 9.17) is 9.47 Å². The standard InChI is InChI=1S/C16H23N3O5/c1-16(2,18-7-9-23-10-8-18)12-17-15(20)11-24-14-6-4-3-5-13(14)19(21)22/h3-6H,7-12H2,1-2H3,(H,17,20). The fourth-order valence-corrected chi connectivity index (χ4v) is 2.52. The zero-order valence-electron chi connectivity index (χ0n) is 14.0. The normalized spacial score (nSPS) is 15.8. The Balaban J connectivity index is 1.82. The van der Waals surface area contributed by atoms with Gasteiger partial charge in [0, 0.05) is 31.2 Å². The number of carbonyl (C=O) groups excluding carboxylic acids is 1. The molecule has 0 aromatic heterocycles. The zero-order chi connectivity index (χ0) is 17.6. The van der Waals surface area contributed by atoms with Crippen LogP contribution in [0.4, 0.5) is 5.69 Å². The van der Waals surface area contributed by atoms with Crippen LogP contribution in [0.5, 0.6) is 5.75 Å². The molecule has 2 rings (SSSR count). The molecule has 0 unspecified atom stereocenters. The van der Waals surface area contributed by atoms with E-state index in [1.807, 2.05) is 0 Å². The number of amides is 1. The Morgan fingerprint density at radius 1 is 1.38 bits per heavy atom. The van der Waals surface area contributed by atoms with Gasteiger partial charge in [0.15, 0.2) is 12.4 Å². The fraction of sp³-hybridized carbons (Fsp3) is 0.562. The highest BCUT2D eigenvalue weighted by Crippen LogP contribution is 2.25. The average molecular weight is 337 g/mol. The van der Waals surface area contributed by atoms with Gasteiger partial charge in [0.25, 0.3) is 5.91 Å². The van der Waals surface area contributed by atoms with Crippen LogP contribution < -0.4 is 10.1 Å². The quantitative estimate of drug-likeness (QED) is 0.593. The van der Waals surface area contributed by atoms with Gasteiger partial charge in [-0.3, -0.25) is 19.8 Å². The highest BCUT2D eigenvalue weighted by atomic mass is 16.6. The van der Waals surface area contributed by atoms with Crippen molar-refractivity contribution in [3.8, 4) is 5.75 Å². The molecule has 1 N–H and O–H groups in total. The molecule has 0 saturated carbocycles. The second kappa shape index (κ2) is 8.07. The SMILES string of the molecule is CC(C)(CNC(=O)COc1ccccc1[N+](=O)[O-])N1CCOCC1. The second-order valence-corrected chi connectivity index (χ2v) is 6.20. The molecule has 1 saturated heterocycles. The van der Waals surface area contributed by atoms with Gasteiger partial charge < -0.3 is 14.8 Å². The third kappa shape index (κ3) is 4.90. The van der Waals surface area contributed by atoms with Gasteiger partial charge >= 0.3 is 5.69 Å². The van der Waals surface area contributed by atoms with Crippen molar-refractivity contribution in [2.75, 3.05) is 39.5 Å². The van der Waals surface area contributed by atoms with Crippen molar-refractivity contribution < 1.29 is 19.2 Å². The van der Waals surface area contributed by atoms with E-state index in [1.165, 1.54) is 12.1 Å². The van der Waals surface area contributed by atoms with E-state index in [0.29, 0.717) is 19.8 Å². The number of benzene rings is 1. The van der Waals surface area contributed by atoms with Crippen molar-refractivity contribution in [1.82, 2.24) is 10.2 Å². The fourth-order valence-electron chi connectivity index (χ4n) is 2.52. The number of morpholine rings is 1. The van der Waals surface area contributed by atoms with Gasteiger partial charge in [-0.15, -0.1) is 0 Å². The van der Waals surface area contributed by atoms with Gasteiger partial charge in [-0.25, -0.2) is 0 Å². The lowest BCUT2D eigenvalue weighted by atomic mass is 10.0. The number of rotatable bonds is 7. The molecule has 0 radical (unpaired) electrons. The highest BCUT2D eigenvalue weighted by Gasteiger charge is 2.28. The van der Waals surface area contributed by atoms with E-state index in [2.05, 4.69) is 24.1 Å². The summed E-state index contributed by atoms with van der Waals surface area (Å²) >= 11 is 0. The molecule has 1 aliphatic heterocycles. The second-order valence-electron chi connectivity index (χ2n) is 6.20. The Hall–Kier alpha value is -2.19. The first-order valence-electron chi connectivity index (χ1n) is 7.86. The van der Waals surface area contributed by atoms with Crippen molar-refractivity contribution >= 4 is 11.6 Å². The van der Waals surface area contributed by atoms with Crippen LogP contribution in [-0.2, 0) is 9.53 Å². The summed E-state index contributed by atoms with van der Waals surface area (Å²) in [5.41, 5.74) is -0.350. The zero-order valence-corrected chi connectivity index (χ0v) is 14.0. The summed E-state index contributed by atoms with van der Waals surface area (Å²) in [5.74, 6) is -0.223. The molecular formula is C16H23N3O5. The van der Waals surface area contributed by atoms with Gasteiger partial charge in [0.2, 0.25) is 0 Å². The first kappa shape index (κ1) is 18.2. The third-order valence-electron chi connectivity index (χ3n) is 4.01. The van der Waals surface area contributed by atoms with Crippen LogP contribution in [0.25, 0.3) is 0 Å². The van der Waals surface area contributed by atoms with Crippen molar-refractivity contribution in [3.63, 3.8) is 0 Å². The average Bonchev–Trinajstić information content (AvgIpc) is 2.59. The first-order chi connectivity index (χ1) is 11.4. The summed E-state index contributed by atoms with van der Waals surface area (Å²) < 4.78 is 10.6. The molecule has 8 nitrogen and oxygen atoms in total. The minimum absolute atomic E-state index is 0.0880. The summed E-state index contributed by atoms with van der Waals surface area (Å²) in [6.45, 7) is 7.36. The smallest absolute Gasteiger partial charge is 0.310 e. The third-order valence-corrected chi connectivity index (χ3v) is 4.01. The number of hydrogen-bond acceptors (Lipinski definition) is 6. The van der Waals surface area contributed by atoms with Crippen molar-refractivity contribution in [1.29, 1.82) is 0 Å². The monoisotopic (exact) mass is 337 g/mol. The number of nitro groups is 1. The Morgan fingerprint density at radius 3 is 2.71 bits per heavy atom. The van der Waals surface area contributed by atoms with E-state index in [-0.39, 0.29) is 29.5 Å². The molecule has 1 aromatic rings. The summed E-state index contributed by atoms with van der Waals surface area (Å²) in [6, 6.07) is 6.00. The molecule has 24 heavy (non-hydrogen) atoms. The van der Waals surface area contributed by atoms with Gasteiger partial charge in [-0.2, -0.15) is 0 Å². The summed E-state index contributed by atoms with van der Waals surface area (Å²) in [4.78, 5) is 24.6. The lowest BCUT2D eigenvalue weighted by molar-refractivity contribution is -0.385. The first-order valence-corrected chi connectivity index (χ1v) is 7.86. The maximum atomic E-state index is 12.0. The molecule has 0 atom stereocenters. The van der Waals surface area contributed by atoms with Crippen LogP contribution in [-0.4, -0.2) is 60.7 Å². The molecule has 1 fully saturated rings. The van der Waals surface area contributed by atoms with E-state index in [1.54, 1.807) is 12.1 Å². The maximum absolute atomic E-state index is 12.0. The lowest BCUT2D eigenvalue weighted by Crippen LogP contribution is -2.55. The summed E-state index contributed by atoms with van der Waals surface area (Å²) in [5, 5.41) is 13.7. The summed E-state index contributed by atoms with van der Waals surface area (Å²) in [6.07, 6.45) is 0. The van der Waals surface area contributed by atoms with Crippen molar-refractivity contribution in [3.05, 3.63) is 34.4 Å². The van der Waals surface area contributed by atoms with Gasteiger partial charge in [0.05, 0.1) is 18.1 Å². The molecule has 1 amide bonds. The van der Waals surface area contributed by atoms with Crippen LogP contribution in [0.15, 0.2) is 24.3 Å².